The van der Waals surface area contributed by atoms with Crippen molar-refractivity contribution in [1.29, 1.82) is 0 Å². The SMILES string of the molecule is CCNC(=NCCCCn1c(C)cccc1=O)NC(C)C. The number of nitrogens with one attached hydrogen (secondary N) is 2. The van der Waals surface area contributed by atoms with E-state index in [0.717, 1.165) is 44.1 Å². The number of aliphatic imine (C=N–C) groups is 1. The highest BCUT2D eigenvalue weighted by Gasteiger charge is 2.00. The van der Waals surface area contributed by atoms with Crippen molar-refractivity contribution in [3.63, 3.8) is 0 Å². The summed E-state index contributed by atoms with van der Waals surface area (Å²) < 4.78 is 1.82. The van der Waals surface area contributed by atoms with Crippen LogP contribution in [0.15, 0.2) is 28.0 Å². The third kappa shape index (κ3) is 6.47. The fraction of sp³-hybridized carbons (Fsp3) is 0.625. The van der Waals surface area contributed by atoms with Gasteiger partial charge in [-0.05, 0) is 46.6 Å². The number of rotatable bonds is 7. The van der Waals surface area contributed by atoms with Gasteiger partial charge in [-0.15, -0.1) is 0 Å². The van der Waals surface area contributed by atoms with Gasteiger partial charge in [-0.2, -0.15) is 0 Å². The molecule has 0 amide bonds. The van der Waals surface area contributed by atoms with E-state index in [4.69, 9.17) is 0 Å². The van der Waals surface area contributed by atoms with Crippen molar-refractivity contribution in [2.75, 3.05) is 13.1 Å². The number of unbranched alkanes of at least 4 members (excludes halogenated alkanes) is 1. The fourth-order valence-corrected chi connectivity index (χ4v) is 2.08. The van der Waals surface area contributed by atoms with E-state index in [2.05, 4.69) is 36.4 Å². The molecular weight excluding hydrogens is 264 g/mol. The van der Waals surface area contributed by atoms with Crippen LogP contribution in [0, 0.1) is 6.92 Å². The molecule has 1 aromatic rings. The van der Waals surface area contributed by atoms with Gasteiger partial charge in [0.05, 0.1) is 0 Å². The van der Waals surface area contributed by atoms with Crippen LogP contribution in [0.1, 0.15) is 39.3 Å². The summed E-state index contributed by atoms with van der Waals surface area (Å²) in [5.41, 5.74) is 1.09. The van der Waals surface area contributed by atoms with Gasteiger partial charge in [0.1, 0.15) is 0 Å². The molecule has 0 saturated carbocycles. The molecule has 1 rings (SSSR count). The lowest BCUT2D eigenvalue weighted by molar-refractivity contribution is 0.584. The molecule has 0 atom stereocenters. The molecule has 21 heavy (non-hydrogen) atoms. The average molecular weight is 292 g/mol. The first kappa shape index (κ1) is 17.3. The number of aryl methyl sites for hydroxylation is 1. The van der Waals surface area contributed by atoms with E-state index >= 15 is 0 Å². The number of hydrogen-bond donors (Lipinski definition) is 2. The molecule has 0 unspecified atom stereocenters. The predicted octanol–water partition coefficient (Wildman–Crippen LogP) is 1.90. The summed E-state index contributed by atoms with van der Waals surface area (Å²) in [5.74, 6) is 0.862. The minimum absolute atomic E-state index is 0.0771. The molecule has 5 heteroatoms. The Bertz CT molecular complexity index is 505. The topological polar surface area (TPSA) is 58.4 Å². The summed E-state index contributed by atoms with van der Waals surface area (Å²) in [6.45, 7) is 10.6. The number of guanidine groups is 1. The molecule has 0 fully saturated rings. The van der Waals surface area contributed by atoms with Gasteiger partial charge in [0.2, 0.25) is 0 Å². The molecule has 0 radical (unpaired) electrons. The summed E-state index contributed by atoms with van der Waals surface area (Å²) in [7, 11) is 0. The standard InChI is InChI=1S/C16H28N4O/c1-5-17-16(19-13(2)3)18-11-6-7-12-20-14(4)9-8-10-15(20)21/h8-10,13H,5-7,11-12H2,1-4H3,(H2,17,18,19). The maximum atomic E-state index is 11.7. The van der Waals surface area contributed by atoms with Crippen molar-refractivity contribution >= 4 is 5.96 Å². The summed E-state index contributed by atoms with van der Waals surface area (Å²) in [4.78, 5) is 16.3. The van der Waals surface area contributed by atoms with Crippen molar-refractivity contribution in [2.45, 2.75) is 53.1 Å². The quantitative estimate of drug-likeness (QED) is 0.458. The van der Waals surface area contributed by atoms with E-state index in [-0.39, 0.29) is 5.56 Å². The van der Waals surface area contributed by atoms with Crippen LogP contribution in [0.3, 0.4) is 0 Å². The lowest BCUT2D eigenvalue weighted by atomic mass is 10.3. The highest BCUT2D eigenvalue weighted by atomic mass is 16.1. The molecular formula is C16H28N4O. The Morgan fingerprint density at radius 3 is 2.71 bits per heavy atom. The number of hydrogen-bond acceptors (Lipinski definition) is 2. The van der Waals surface area contributed by atoms with Crippen molar-refractivity contribution in [3.8, 4) is 0 Å². The van der Waals surface area contributed by atoms with Gasteiger partial charge >= 0.3 is 0 Å². The average Bonchev–Trinajstić information content (AvgIpc) is 2.40. The molecule has 0 aliphatic carbocycles. The third-order valence-electron chi connectivity index (χ3n) is 3.10. The second-order valence-electron chi connectivity index (χ2n) is 5.42. The number of aromatic nitrogens is 1. The lowest BCUT2D eigenvalue weighted by Gasteiger charge is -2.14. The van der Waals surface area contributed by atoms with Gasteiger partial charge in [0.15, 0.2) is 5.96 Å². The van der Waals surface area contributed by atoms with Crippen LogP contribution in [0.4, 0.5) is 0 Å². The second-order valence-corrected chi connectivity index (χ2v) is 5.42. The van der Waals surface area contributed by atoms with E-state index in [0.29, 0.717) is 6.04 Å². The Hall–Kier alpha value is -1.78. The molecule has 1 aromatic heterocycles. The second kappa shape index (κ2) is 9.21. The molecule has 2 N–H and O–H groups in total. The first-order valence-corrected chi connectivity index (χ1v) is 7.76. The normalized spacial score (nSPS) is 11.8. The van der Waals surface area contributed by atoms with Gasteiger partial charge in [0, 0.05) is 37.4 Å². The Morgan fingerprint density at radius 1 is 1.33 bits per heavy atom. The lowest BCUT2D eigenvalue weighted by Crippen LogP contribution is -2.41. The van der Waals surface area contributed by atoms with Crippen LogP contribution in [-0.2, 0) is 6.54 Å². The molecule has 0 saturated heterocycles. The molecule has 0 aromatic carbocycles. The molecule has 0 aliphatic rings. The highest BCUT2D eigenvalue weighted by molar-refractivity contribution is 5.79. The third-order valence-corrected chi connectivity index (χ3v) is 3.10. The van der Waals surface area contributed by atoms with Crippen molar-refractivity contribution in [2.24, 2.45) is 4.99 Å². The number of pyridine rings is 1. The molecule has 5 nitrogen and oxygen atoms in total. The fourth-order valence-electron chi connectivity index (χ4n) is 2.08. The van der Waals surface area contributed by atoms with Crippen LogP contribution in [0.5, 0.6) is 0 Å². The maximum absolute atomic E-state index is 11.7. The Labute approximate surface area is 127 Å². The zero-order valence-corrected chi connectivity index (χ0v) is 13.6. The van der Waals surface area contributed by atoms with Gasteiger partial charge in [-0.25, -0.2) is 0 Å². The largest absolute Gasteiger partial charge is 0.357 e. The van der Waals surface area contributed by atoms with Crippen molar-refractivity contribution in [1.82, 2.24) is 15.2 Å². The van der Waals surface area contributed by atoms with E-state index < -0.39 is 0 Å². The van der Waals surface area contributed by atoms with Crippen LogP contribution in [0.2, 0.25) is 0 Å². The van der Waals surface area contributed by atoms with Gasteiger partial charge < -0.3 is 15.2 Å². The minimum atomic E-state index is 0.0771. The van der Waals surface area contributed by atoms with Crippen molar-refractivity contribution in [3.05, 3.63) is 34.2 Å². The first-order chi connectivity index (χ1) is 10.0. The Balaban J connectivity index is 2.40. The predicted molar refractivity (Wildman–Crippen MR) is 88.9 cm³/mol. The van der Waals surface area contributed by atoms with E-state index in [1.54, 1.807) is 12.1 Å². The van der Waals surface area contributed by atoms with Crippen LogP contribution in [0.25, 0.3) is 0 Å². The Kier molecular flexibility index (Phi) is 7.58. The summed E-state index contributed by atoms with van der Waals surface area (Å²) >= 11 is 0. The van der Waals surface area contributed by atoms with Crippen LogP contribution >= 0.6 is 0 Å². The van der Waals surface area contributed by atoms with Gasteiger partial charge in [-0.1, -0.05) is 6.07 Å². The molecule has 0 bridgehead atoms. The molecule has 0 aliphatic heterocycles. The van der Waals surface area contributed by atoms with Gasteiger partial charge in [-0.3, -0.25) is 9.79 Å². The molecule has 1 heterocycles. The summed E-state index contributed by atoms with van der Waals surface area (Å²) in [5, 5.41) is 6.52. The molecule has 118 valence electrons. The Morgan fingerprint density at radius 2 is 2.10 bits per heavy atom. The van der Waals surface area contributed by atoms with Gasteiger partial charge in [0.25, 0.3) is 5.56 Å². The first-order valence-electron chi connectivity index (χ1n) is 7.76. The maximum Gasteiger partial charge on any atom is 0.250 e. The highest BCUT2D eigenvalue weighted by Crippen LogP contribution is 1.98. The van der Waals surface area contributed by atoms with E-state index in [9.17, 15) is 4.79 Å². The van der Waals surface area contributed by atoms with Crippen LogP contribution < -0.4 is 16.2 Å². The number of nitrogens with zero attached hydrogens (tertiary/aromatic N) is 2. The van der Waals surface area contributed by atoms with Crippen LogP contribution in [-0.4, -0.2) is 29.7 Å². The smallest absolute Gasteiger partial charge is 0.250 e. The monoisotopic (exact) mass is 292 g/mol. The zero-order chi connectivity index (χ0) is 15.7. The zero-order valence-electron chi connectivity index (χ0n) is 13.6. The van der Waals surface area contributed by atoms with E-state index in [1.165, 1.54) is 0 Å². The molecule has 0 spiro atoms. The summed E-state index contributed by atoms with van der Waals surface area (Å²) in [6.07, 6.45) is 1.92. The van der Waals surface area contributed by atoms with E-state index in [1.807, 2.05) is 17.6 Å². The summed E-state index contributed by atoms with van der Waals surface area (Å²) in [6, 6.07) is 5.75. The minimum Gasteiger partial charge on any atom is -0.357 e. The van der Waals surface area contributed by atoms with Crippen molar-refractivity contribution < 1.29 is 0 Å².